The number of methoxy groups -OCH3 is 2. The average molecular weight is 389 g/mol. The Morgan fingerprint density at radius 2 is 1.93 bits per heavy atom. The predicted octanol–water partition coefficient (Wildman–Crippen LogP) is 2.16. The number of amides is 1. The van der Waals surface area contributed by atoms with E-state index in [-0.39, 0.29) is 12.0 Å². The first-order valence-corrected chi connectivity index (χ1v) is 10.1. The first kappa shape index (κ1) is 20.3. The molecule has 2 N–H and O–H groups in total. The summed E-state index contributed by atoms with van der Waals surface area (Å²) in [6.45, 7) is 2.21. The second-order valence-electron chi connectivity index (χ2n) is 7.51. The maximum Gasteiger partial charge on any atom is 0.225 e. The molecule has 1 atom stereocenters. The lowest BCUT2D eigenvalue weighted by Crippen LogP contribution is -2.45. The van der Waals surface area contributed by atoms with Gasteiger partial charge < -0.3 is 25.0 Å². The van der Waals surface area contributed by atoms with E-state index in [9.17, 15) is 4.79 Å². The number of ether oxygens (including phenoxy) is 2. The van der Waals surface area contributed by atoms with Gasteiger partial charge in [0.2, 0.25) is 5.91 Å². The molecular weight excluding hydrogens is 356 g/mol. The van der Waals surface area contributed by atoms with Crippen molar-refractivity contribution in [1.29, 1.82) is 0 Å². The minimum atomic E-state index is 0.238. The molecule has 7 heteroatoms. The number of hydrogen-bond donors (Lipinski definition) is 2. The van der Waals surface area contributed by atoms with Gasteiger partial charge in [0.25, 0.3) is 0 Å². The molecule has 1 amide bonds. The summed E-state index contributed by atoms with van der Waals surface area (Å²) in [4.78, 5) is 19.0. The third kappa shape index (κ3) is 4.88. The molecule has 28 heavy (non-hydrogen) atoms. The smallest absolute Gasteiger partial charge is 0.225 e. The van der Waals surface area contributed by atoms with Crippen LogP contribution < -0.4 is 20.1 Å². The second-order valence-corrected chi connectivity index (χ2v) is 7.51. The minimum absolute atomic E-state index is 0.238. The van der Waals surface area contributed by atoms with Crippen LogP contribution in [0.5, 0.6) is 11.5 Å². The van der Waals surface area contributed by atoms with Gasteiger partial charge >= 0.3 is 0 Å². The third-order valence-electron chi connectivity index (χ3n) is 5.68. The summed E-state index contributed by atoms with van der Waals surface area (Å²) in [5, 5.41) is 6.79. The van der Waals surface area contributed by atoms with Gasteiger partial charge in [-0.3, -0.25) is 9.79 Å². The molecule has 0 radical (unpaired) electrons. The number of carbonyl (C=O) groups excluding carboxylic acids is 1. The Hall–Kier alpha value is -2.44. The van der Waals surface area contributed by atoms with Crippen LogP contribution in [0.3, 0.4) is 0 Å². The average Bonchev–Trinajstić information content (AvgIpc) is 3.42. The largest absolute Gasteiger partial charge is 0.493 e. The second kappa shape index (κ2) is 9.66. The fraction of sp³-hybridized carbons (Fsp3) is 0.619. The molecule has 1 aliphatic heterocycles. The van der Waals surface area contributed by atoms with Gasteiger partial charge in [-0.05, 0) is 37.0 Å². The first-order chi connectivity index (χ1) is 13.6. The summed E-state index contributed by atoms with van der Waals surface area (Å²) in [5.41, 5.74) is 1.07. The molecule has 0 aromatic heterocycles. The highest BCUT2D eigenvalue weighted by Crippen LogP contribution is 2.28. The lowest BCUT2D eigenvalue weighted by molar-refractivity contribution is -0.134. The molecule has 7 nitrogen and oxygen atoms in total. The van der Waals surface area contributed by atoms with Crippen molar-refractivity contribution in [2.24, 2.45) is 10.9 Å². The molecule has 2 fully saturated rings. The number of nitrogens with one attached hydrogen (secondary N) is 2. The first-order valence-electron chi connectivity index (χ1n) is 10.1. The van der Waals surface area contributed by atoms with Crippen molar-refractivity contribution >= 4 is 11.9 Å². The number of rotatable bonds is 6. The molecule has 1 aliphatic carbocycles. The highest BCUT2D eigenvalue weighted by atomic mass is 16.5. The van der Waals surface area contributed by atoms with Gasteiger partial charge in [-0.25, -0.2) is 0 Å². The van der Waals surface area contributed by atoms with Crippen LogP contribution in [0.2, 0.25) is 0 Å². The van der Waals surface area contributed by atoms with E-state index < -0.39 is 0 Å². The number of guanidine groups is 1. The fourth-order valence-electron chi connectivity index (χ4n) is 4.07. The van der Waals surface area contributed by atoms with E-state index in [1.54, 1.807) is 21.3 Å². The van der Waals surface area contributed by atoms with E-state index in [4.69, 9.17) is 9.47 Å². The topological polar surface area (TPSA) is 75.2 Å². The zero-order valence-corrected chi connectivity index (χ0v) is 17.2. The van der Waals surface area contributed by atoms with E-state index in [1.807, 2.05) is 23.1 Å². The molecule has 154 valence electrons. The number of likely N-dealkylation sites (tertiary alicyclic amines) is 1. The van der Waals surface area contributed by atoms with E-state index in [0.717, 1.165) is 43.9 Å². The Bertz CT molecular complexity index is 701. The number of nitrogens with zero attached hydrogens (tertiary/aromatic N) is 2. The van der Waals surface area contributed by atoms with E-state index in [0.29, 0.717) is 24.0 Å². The molecule has 3 rings (SSSR count). The molecule has 1 saturated carbocycles. The lowest BCUT2D eigenvalue weighted by atomic mass is 10.1. The van der Waals surface area contributed by atoms with Crippen LogP contribution in [-0.2, 0) is 11.3 Å². The number of benzene rings is 1. The maximum atomic E-state index is 12.6. The Labute approximate surface area is 167 Å². The van der Waals surface area contributed by atoms with Crippen LogP contribution in [-0.4, -0.2) is 57.2 Å². The van der Waals surface area contributed by atoms with Crippen LogP contribution in [0.1, 0.15) is 37.7 Å². The maximum absolute atomic E-state index is 12.6. The van der Waals surface area contributed by atoms with Crippen LogP contribution in [0.15, 0.2) is 23.2 Å². The van der Waals surface area contributed by atoms with Crippen molar-refractivity contribution in [2.75, 3.05) is 34.4 Å². The standard InChI is InChI=1S/C21H32N4O3/c1-22-21(23-13-15-8-9-18(27-2)19(12-15)28-3)24-17-10-11-25(14-17)20(26)16-6-4-5-7-16/h8-9,12,16-17H,4-7,10-11,13-14H2,1-3H3,(H2,22,23,24). The quantitative estimate of drug-likeness (QED) is 0.577. The van der Waals surface area contributed by atoms with Crippen molar-refractivity contribution in [3.05, 3.63) is 23.8 Å². The minimum Gasteiger partial charge on any atom is -0.493 e. The van der Waals surface area contributed by atoms with Crippen LogP contribution >= 0.6 is 0 Å². The van der Waals surface area contributed by atoms with Crippen molar-refractivity contribution in [3.63, 3.8) is 0 Å². The van der Waals surface area contributed by atoms with E-state index >= 15 is 0 Å². The number of carbonyl (C=O) groups is 1. The van der Waals surface area contributed by atoms with Gasteiger partial charge in [-0.1, -0.05) is 18.9 Å². The SMILES string of the molecule is CN=C(NCc1ccc(OC)c(OC)c1)NC1CCN(C(=O)C2CCCC2)C1. The van der Waals surface area contributed by atoms with Crippen molar-refractivity contribution in [2.45, 2.75) is 44.7 Å². The van der Waals surface area contributed by atoms with Gasteiger partial charge in [0.05, 0.1) is 14.2 Å². The molecule has 1 saturated heterocycles. The van der Waals surface area contributed by atoms with Gasteiger partial charge in [-0.2, -0.15) is 0 Å². The fourth-order valence-corrected chi connectivity index (χ4v) is 4.07. The lowest BCUT2D eigenvalue weighted by Gasteiger charge is -2.21. The van der Waals surface area contributed by atoms with Gasteiger partial charge in [0.1, 0.15) is 0 Å². The van der Waals surface area contributed by atoms with E-state index in [2.05, 4.69) is 15.6 Å². The highest BCUT2D eigenvalue weighted by Gasteiger charge is 2.32. The number of aliphatic imine (C=N–C) groups is 1. The normalized spacial score (nSPS) is 20.3. The van der Waals surface area contributed by atoms with E-state index in [1.165, 1.54) is 12.8 Å². The van der Waals surface area contributed by atoms with Crippen LogP contribution in [0, 0.1) is 5.92 Å². The molecule has 0 spiro atoms. The zero-order chi connectivity index (χ0) is 19.9. The molecule has 1 unspecified atom stereocenters. The summed E-state index contributed by atoms with van der Waals surface area (Å²) in [6, 6.07) is 6.09. The summed E-state index contributed by atoms with van der Waals surface area (Å²) in [7, 11) is 5.03. The summed E-state index contributed by atoms with van der Waals surface area (Å²) in [6.07, 6.45) is 5.46. The van der Waals surface area contributed by atoms with Gasteiger partial charge in [-0.15, -0.1) is 0 Å². The molecule has 2 aliphatic rings. The Morgan fingerprint density at radius 3 is 2.61 bits per heavy atom. The van der Waals surface area contributed by atoms with Crippen molar-refractivity contribution < 1.29 is 14.3 Å². The molecule has 1 aromatic rings. The highest BCUT2D eigenvalue weighted by molar-refractivity contribution is 5.81. The Kier molecular flexibility index (Phi) is 7.01. The van der Waals surface area contributed by atoms with Crippen LogP contribution in [0.4, 0.5) is 0 Å². The summed E-state index contributed by atoms with van der Waals surface area (Å²) >= 11 is 0. The zero-order valence-electron chi connectivity index (χ0n) is 17.2. The third-order valence-corrected chi connectivity index (χ3v) is 5.68. The predicted molar refractivity (Wildman–Crippen MR) is 110 cm³/mol. The van der Waals surface area contributed by atoms with Gasteiger partial charge in [0.15, 0.2) is 17.5 Å². The molecule has 1 heterocycles. The molecule has 0 bridgehead atoms. The number of hydrogen-bond acceptors (Lipinski definition) is 4. The molecular formula is C21H32N4O3. The van der Waals surface area contributed by atoms with Gasteiger partial charge in [0, 0.05) is 38.6 Å². The Morgan fingerprint density at radius 1 is 1.18 bits per heavy atom. The van der Waals surface area contributed by atoms with Crippen molar-refractivity contribution in [3.8, 4) is 11.5 Å². The van der Waals surface area contributed by atoms with Crippen LogP contribution in [0.25, 0.3) is 0 Å². The summed E-state index contributed by atoms with van der Waals surface area (Å²) in [5.74, 6) is 2.76. The monoisotopic (exact) mass is 388 g/mol. The Balaban J connectivity index is 1.49. The van der Waals surface area contributed by atoms with Crippen molar-refractivity contribution in [1.82, 2.24) is 15.5 Å². The molecule has 1 aromatic carbocycles. The summed E-state index contributed by atoms with van der Waals surface area (Å²) < 4.78 is 10.6.